The van der Waals surface area contributed by atoms with Crippen LogP contribution in [-0.2, 0) is 6.42 Å². The Bertz CT molecular complexity index is 282. The molecule has 0 aliphatic rings. The van der Waals surface area contributed by atoms with Gasteiger partial charge in [0, 0.05) is 0 Å². The highest BCUT2D eigenvalue weighted by Gasteiger charge is 2.10. The highest BCUT2D eigenvalue weighted by Crippen LogP contribution is 2.22. The minimum absolute atomic E-state index is 0.0593. The fourth-order valence-corrected chi connectivity index (χ4v) is 1.48. The molecule has 0 radical (unpaired) electrons. The normalized spacial score (nSPS) is 11.5. The molecule has 0 amide bonds. The molecule has 0 saturated heterocycles. The van der Waals surface area contributed by atoms with Crippen LogP contribution < -0.4 is 4.74 Å². The molecule has 0 aliphatic heterocycles. The van der Waals surface area contributed by atoms with Crippen LogP contribution in [-0.4, -0.2) is 18.3 Å². The van der Waals surface area contributed by atoms with E-state index in [9.17, 15) is 0 Å². The lowest BCUT2D eigenvalue weighted by Gasteiger charge is -2.18. The minimum Gasteiger partial charge on any atom is -0.491 e. The first-order chi connectivity index (χ1) is 7.01. The fraction of sp³-hybridized carbons (Fsp3) is 0.538. The smallest absolute Gasteiger partial charge is 0.119 e. The molecule has 0 saturated carbocycles. The first-order valence-corrected chi connectivity index (χ1v) is 5.34. The highest BCUT2D eigenvalue weighted by molar-refractivity contribution is 5.27. The number of hydrogen-bond acceptors (Lipinski definition) is 2. The molecule has 0 atom stereocenters. The molecule has 2 nitrogen and oxygen atoms in total. The number of rotatable bonds is 4. The predicted molar refractivity (Wildman–Crippen MR) is 62.2 cm³/mol. The molecular weight excluding hydrogens is 188 g/mol. The van der Waals surface area contributed by atoms with E-state index in [1.807, 2.05) is 12.1 Å². The van der Waals surface area contributed by atoms with Gasteiger partial charge in [-0.25, -0.2) is 0 Å². The van der Waals surface area contributed by atoms with Crippen LogP contribution in [0.1, 0.15) is 26.3 Å². The van der Waals surface area contributed by atoms with Gasteiger partial charge in [0.1, 0.15) is 12.4 Å². The monoisotopic (exact) mass is 208 g/mol. The molecule has 0 bridgehead atoms. The molecule has 1 rings (SSSR count). The van der Waals surface area contributed by atoms with Gasteiger partial charge in [0.25, 0.3) is 0 Å². The summed E-state index contributed by atoms with van der Waals surface area (Å²) in [6.45, 7) is 7.10. The lowest BCUT2D eigenvalue weighted by atomic mass is 9.88. The minimum atomic E-state index is 0.0593. The van der Waals surface area contributed by atoms with Crippen LogP contribution in [0.25, 0.3) is 0 Å². The Balaban J connectivity index is 2.56. The molecule has 0 aliphatic carbocycles. The standard InChI is InChI=1S/C13H20O2/c1-13(2,3)10-11-4-6-12(7-5-11)15-9-8-14/h4-7,14H,8-10H2,1-3H3. The van der Waals surface area contributed by atoms with E-state index in [1.54, 1.807) is 0 Å². The second-order valence-electron chi connectivity index (χ2n) is 4.95. The van der Waals surface area contributed by atoms with Crippen molar-refractivity contribution in [3.8, 4) is 5.75 Å². The van der Waals surface area contributed by atoms with Gasteiger partial charge in [0.2, 0.25) is 0 Å². The van der Waals surface area contributed by atoms with Crippen molar-refractivity contribution in [3.63, 3.8) is 0 Å². The van der Waals surface area contributed by atoms with Crippen LogP contribution >= 0.6 is 0 Å². The molecule has 0 heterocycles. The summed E-state index contributed by atoms with van der Waals surface area (Å²) in [4.78, 5) is 0. The number of aliphatic hydroxyl groups excluding tert-OH is 1. The van der Waals surface area contributed by atoms with Gasteiger partial charge in [0.15, 0.2) is 0 Å². The molecule has 1 aromatic rings. The van der Waals surface area contributed by atoms with Gasteiger partial charge in [-0.2, -0.15) is 0 Å². The van der Waals surface area contributed by atoms with Crippen molar-refractivity contribution in [1.29, 1.82) is 0 Å². The summed E-state index contributed by atoms with van der Waals surface area (Å²) in [5.74, 6) is 0.821. The van der Waals surface area contributed by atoms with Crippen molar-refractivity contribution in [1.82, 2.24) is 0 Å². The highest BCUT2D eigenvalue weighted by atomic mass is 16.5. The number of aliphatic hydroxyl groups is 1. The number of ether oxygens (including phenoxy) is 1. The molecular formula is C13H20O2. The first kappa shape index (κ1) is 12.1. The van der Waals surface area contributed by atoms with Crippen LogP contribution in [0.3, 0.4) is 0 Å². The van der Waals surface area contributed by atoms with Crippen LogP contribution in [0.4, 0.5) is 0 Å². The van der Waals surface area contributed by atoms with Gasteiger partial charge >= 0.3 is 0 Å². The molecule has 0 aromatic heterocycles. The SMILES string of the molecule is CC(C)(C)Cc1ccc(OCCO)cc1. The van der Waals surface area contributed by atoms with Crippen molar-refractivity contribution in [2.75, 3.05) is 13.2 Å². The van der Waals surface area contributed by atoms with Crippen LogP contribution in [0.5, 0.6) is 5.75 Å². The Morgan fingerprint density at radius 3 is 2.20 bits per heavy atom. The van der Waals surface area contributed by atoms with Crippen molar-refractivity contribution in [3.05, 3.63) is 29.8 Å². The van der Waals surface area contributed by atoms with Crippen LogP contribution in [0.2, 0.25) is 0 Å². The van der Waals surface area contributed by atoms with Gasteiger partial charge in [0.05, 0.1) is 6.61 Å². The van der Waals surface area contributed by atoms with Gasteiger partial charge in [-0.15, -0.1) is 0 Å². The van der Waals surface area contributed by atoms with Crippen molar-refractivity contribution in [2.45, 2.75) is 27.2 Å². The average Bonchev–Trinajstić information content (AvgIpc) is 2.14. The zero-order chi connectivity index (χ0) is 11.3. The van der Waals surface area contributed by atoms with Crippen molar-refractivity contribution < 1.29 is 9.84 Å². The number of benzene rings is 1. The summed E-state index contributed by atoms with van der Waals surface area (Å²) >= 11 is 0. The summed E-state index contributed by atoms with van der Waals surface area (Å²) in [7, 11) is 0. The van der Waals surface area contributed by atoms with Gasteiger partial charge < -0.3 is 9.84 Å². The molecule has 0 spiro atoms. The third kappa shape index (κ3) is 4.84. The Hall–Kier alpha value is -1.02. The Morgan fingerprint density at radius 1 is 1.13 bits per heavy atom. The predicted octanol–water partition coefficient (Wildman–Crippen LogP) is 2.65. The summed E-state index contributed by atoms with van der Waals surface area (Å²) in [6, 6.07) is 8.07. The van der Waals surface area contributed by atoms with Crippen molar-refractivity contribution in [2.24, 2.45) is 5.41 Å². The Morgan fingerprint density at radius 2 is 1.73 bits per heavy atom. The molecule has 1 N–H and O–H groups in total. The molecule has 84 valence electrons. The van der Waals surface area contributed by atoms with E-state index in [2.05, 4.69) is 32.9 Å². The molecule has 15 heavy (non-hydrogen) atoms. The summed E-state index contributed by atoms with van der Waals surface area (Å²) in [6.07, 6.45) is 1.06. The quantitative estimate of drug-likeness (QED) is 0.824. The van der Waals surface area contributed by atoms with Crippen molar-refractivity contribution >= 4 is 0 Å². The maximum absolute atomic E-state index is 8.61. The summed E-state index contributed by atoms with van der Waals surface area (Å²) in [5.41, 5.74) is 1.63. The lowest BCUT2D eigenvalue weighted by molar-refractivity contribution is 0.201. The Labute approximate surface area is 91.9 Å². The van der Waals surface area contributed by atoms with Gasteiger partial charge in [-0.1, -0.05) is 32.9 Å². The number of hydrogen-bond donors (Lipinski definition) is 1. The topological polar surface area (TPSA) is 29.5 Å². The zero-order valence-corrected chi connectivity index (χ0v) is 9.79. The van der Waals surface area contributed by atoms with E-state index in [-0.39, 0.29) is 6.61 Å². The second kappa shape index (κ2) is 5.17. The molecule has 0 fully saturated rings. The fourth-order valence-electron chi connectivity index (χ4n) is 1.48. The van der Waals surface area contributed by atoms with E-state index in [4.69, 9.17) is 9.84 Å². The maximum atomic E-state index is 8.61. The van der Waals surface area contributed by atoms with E-state index in [0.717, 1.165) is 12.2 Å². The van der Waals surface area contributed by atoms with E-state index in [0.29, 0.717) is 12.0 Å². The first-order valence-electron chi connectivity index (χ1n) is 5.34. The Kier molecular flexibility index (Phi) is 4.15. The summed E-state index contributed by atoms with van der Waals surface area (Å²) < 4.78 is 5.29. The third-order valence-electron chi connectivity index (χ3n) is 2.02. The van der Waals surface area contributed by atoms with E-state index < -0.39 is 0 Å². The summed E-state index contributed by atoms with van der Waals surface area (Å²) in [5, 5.41) is 8.61. The molecule has 2 heteroatoms. The van der Waals surface area contributed by atoms with Crippen LogP contribution in [0, 0.1) is 5.41 Å². The lowest BCUT2D eigenvalue weighted by Crippen LogP contribution is -2.09. The van der Waals surface area contributed by atoms with E-state index in [1.165, 1.54) is 5.56 Å². The molecule has 0 unspecified atom stereocenters. The van der Waals surface area contributed by atoms with E-state index >= 15 is 0 Å². The second-order valence-corrected chi connectivity index (χ2v) is 4.95. The average molecular weight is 208 g/mol. The van der Waals surface area contributed by atoms with Gasteiger partial charge in [-0.05, 0) is 29.5 Å². The maximum Gasteiger partial charge on any atom is 0.119 e. The van der Waals surface area contributed by atoms with Gasteiger partial charge in [-0.3, -0.25) is 0 Å². The zero-order valence-electron chi connectivity index (χ0n) is 9.79. The third-order valence-corrected chi connectivity index (χ3v) is 2.02. The van der Waals surface area contributed by atoms with Crippen LogP contribution in [0.15, 0.2) is 24.3 Å². The largest absolute Gasteiger partial charge is 0.491 e. The molecule has 1 aromatic carbocycles.